The van der Waals surface area contributed by atoms with Gasteiger partial charge in [0.2, 0.25) is 5.91 Å². The van der Waals surface area contributed by atoms with Gasteiger partial charge in [0, 0.05) is 12.5 Å². The van der Waals surface area contributed by atoms with Crippen molar-refractivity contribution in [3.05, 3.63) is 0 Å². The van der Waals surface area contributed by atoms with E-state index >= 15 is 0 Å². The highest BCUT2D eigenvalue weighted by atomic mass is 19.1. The maximum absolute atomic E-state index is 11.8. The van der Waals surface area contributed by atoms with Crippen LogP contribution in [-0.4, -0.2) is 19.1 Å². The molecular formula is C10H18FNO. The van der Waals surface area contributed by atoms with Crippen LogP contribution in [0.4, 0.5) is 4.39 Å². The summed E-state index contributed by atoms with van der Waals surface area (Å²) in [5.41, 5.74) is 0. The molecule has 0 heterocycles. The van der Waals surface area contributed by atoms with E-state index < -0.39 is 6.67 Å². The molecule has 0 bridgehead atoms. The van der Waals surface area contributed by atoms with E-state index in [1.165, 1.54) is 12.8 Å². The SMILES string of the molecule is CC(C(=O)NCCF)C1CCCC1. The number of amides is 1. The quantitative estimate of drug-likeness (QED) is 0.715. The van der Waals surface area contributed by atoms with E-state index in [4.69, 9.17) is 0 Å². The minimum Gasteiger partial charge on any atom is -0.353 e. The standard InChI is InChI=1S/C10H18FNO/c1-8(9-4-2-3-5-9)10(13)12-7-6-11/h8-9H,2-7H2,1H3,(H,12,13). The van der Waals surface area contributed by atoms with Crippen LogP contribution in [0.15, 0.2) is 0 Å². The number of hydrogen-bond acceptors (Lipinski definition) is 1. The predicted octanol–water partition coefficient (Wildman–Crippen LogP) is 1.90. The Balaban J connectivity index is 2.28. The van der Waals surface area contributed by atoms with Crippen LogP contribution in [0.1, 0.15) is 32.6 Å². The number of nitrogens with one attached hydrogen (secondary N) is 1. The zero-order valence-corrected chi connectivity index (χ0v) is 8.18. The monoisotopic (exact) mass is 187 g/mol. The van der Waals surface area contributed by atoms with Gasteiger partial charge in [0.25, 0.3) is 0 Å². The first-order valence-corrected chi connectivity index (χ1v) is 5.09. The van der Waals surface area contributed by atoms with Crippen LogP contribution in [0.5, 0.6) is 0 Å². The molecule has 3 heteroatoms. The Kier molecular flexibility index (Phi) is 4.19. The fraction of sp³-hybridized carbons (Fsp3) is 0.900. The molecule has 1 rings (SSSR count). The van der Waals surface area contributed by atoms with Gasteiger partial charge in [-0.15, -0.1) is 0 Å². The first-order valence-electron chi connectivity index (χ1n) is 5.09. The molecular weight excluding hydrogens is 169 g/mol. The van der Waals surface area contributed by atoms with Crippen molar-refractivity contribution in [2.24, 2.45) is 11.8 Å². The molecule has 76 valence electrons. The summed E-state index contributed by atoms with van der Waals surface area (Å²) in [5, 5.41) is 2.60. The number of rotatable bonds is 4. The van der Waals surface area contributed by atoms with Gasteiger partial charge in [0.15, 0.2) is 0 Å². The third kappa shape index (κ3) is 2.98. The molecule has 0 aliphatic heterocycles. The van der Waals surface area contributed by atoms with Gasteiger partial charge in [-0.3, -0.25) is 4.79 Å². The second-order valence-electron chi connectivity index (χ2n) is 3.81. The topological polar surface area (TPSA) is 29.1 Å². The van der Waals surface area contributed by atoms with E-state index in [2.05, 4.69) is 5.32 Å². The molecule has 2 nitrogen and oxygen atoms in total. The van der Waals surface area contributed by atoms with Crippen molar-refractivity contribution in [1.82, 2.24) is 5.32 Å². The van der Waals surface area contributed by atoms with Crippen molar-refractivity contribution in [3.63, 3.8) is 0 Å². The molecule has 1 saturated carbocycles. The predicted molar refractivity (Wildman–Crippen MR) is 50.1 cm³/mol. The Morgan fingerprint density at radius 3 is 2.69 bits per heavy atom. The fourth-order valence-corrected chi connectivity index (χ4v) is 2.00. The molecule has 1 fully saturated rings. The number of carbonyl (C=O) groups is 1. The molecule has 0 aromatic rings. The average Bonchev–Trinajstić information content (AvgIpc) is 2.65. The molecule has 1 N–H and O–H groups in total. The first-order chi connectivity index (χ1) is 6.25. The maximum atomic E-state index is 11.8. The lowest BCUT2D eigenvalue weighted by Gasteiger charge is -2.17. The zero-order chi connectivity index (χ0) is 9.68. The molecule has 0 aromatic heterocycles. The van der Waals surface area contributed by atoms with Gasteiger partial charge < -0.3 is 5.32 Å². The van der Waals surface area contributed by atoms with Crippen molar-refractivity contribution in [2.45, 2.75) is 32.6 Å². The summed E-state index contributed by atoms with van der Waals surface area (Å²) >= 11 is 0. The summed E-state index contributed by atoms with van der Waals surface area (Å²) in [4.78, 5) is 11.4. The normalized spacial score (nSPS) is 20.2. The molecule has 0 aromatic carbocycles. The van der Waals surface area contributed by atoms with Crippen LogP contribution in [0.25, 0.3) is 0 Å². The molecule has 1 aliphatic carbocycles. The Labute approximate surface area is 78.9 Å². The molecule has 1 amide bonds. The minimum atomic E-state index is -0.469. The highest BCUT2D eigenvalue weighted by Crippen LogP contribution is 2.31. The maximum Gasteiger partial charge on any atom is 0.223 e. The Morgan fingerprint density at radius 2 is 2.15 bits per heavy atom. The van der Waals surface area contributed by atoms with Crippen LogP contribution in [0, 0.1) is 11.8 Å². The summed E-state index contributed by atoms with van der Waals surface area (Å²) in [6.45, 7) is 1.64. The lowest BCUT2D eigenvalue weighted by atomic mass is 9.92. The smallest absolute Gasteiger partial charge is 0.223 e. The van der Waals surface area contributed by atoms with Crippen LogP contribution >= 0.6 is 0 Å². The number of hydrogen-bond donors (Lipinski definition) is 1. The Hall–Kier alpha value is -0.600. The summed E-state index contributed by atoms with van der Waals surface area (Å²) in [5.74, 6) is 0.609. The van der Waals surface area contributed by atoms with Crippen molar-refractivity contribution >= 4 is 5.91 Å². The Bertz CT molecular complexity index is 166. The Morgan fingerprint density at radius 1 is 1.54 bits per heavy atom. The van der Waals surface area contributed by atoms with Crippen LogP contribution in [0.3, 0.4) is 0 Å². The van der Waals surface area contributed by atoms with E-state index in [9.17, 15) is 9.18 Å². The second kappa shape index (κ2) is 5.20. The summed E-state index contributed by atoms with van der Waals surface area (Å²) in [6.07, 6.45) is 4.80. The van der Waals surface area contributed by atoms with Crippen LogP contribution in [0.2, 0.25) is 0 Å². The lowest BCUT2D eigenvalue weighted by Crippen LogP contribution is -2.33. The minimum absolute atomic E-state index is 0.0181. The highest BCUT2D eigenvalue weighted by molar-refractivity contribution is 5.78. The molecule has 1 atom stereocenters. The van der Waals surface area contributed by atoms with Crippen LogP contribution in [-0.2, 0) is 4.79 Å². The largest absolute Gasteiger partial charge is 0.353 e. The second-order valence-corrected chi connectivity index (χ2v) is 3.81. The van der Waals surface area contributed by atoms with E-state index in [1.54, 1.807) is 0 Å². The van der Waals surface area contributed by atoms with Gasteiger partial charge in [-0.25, -0.2) is 4.39 Å². The molecule has 0 saturated heterocycles. The van der Waals surface area contributed by atoms with Crippen LogP contribution < -0.4 is 5.32 Å². The van der Waals surface area contributed by atoms with Crippen molar-refractivity contribution in [3.8, 4) is 0 Å². The lowest BCUT2D eigenvalue weighted by molar-refractivity contribution is -0.126. The first kappa shape index (κ1) is 10.5. The summed E-state index contributed by atoms with van der Waals surface area (Å²) in [7, 11) is 0. The van der Waals surface area contributed by atoms with Gasteiger partial charge in [0.1, 0.15) is 6.67 Å². The number of carbonyl (C=O) groups excluding carboxylic acids is 1. The van der Waals surface area contributed by atoms with E-state index in [-0.39, 0.29) is 18.4 Å². The van der Waals surface area contributed by atoms with Crippen molar-refractivity contribution in [1.29, 1.82) is 0 Å². The third-order valence-corrected chi connectivity index (χ3v) is 2.91. The van der Waals surface area contributed by atoms with E-state index in [0.717, 1.165) is 12.8 Å². The van der Waals surface area contributed by atoms with Gasteiger partial charge in [-0.2, -0.15) is 0 Å². The molecule has 1 aliphatic rings. The van der Waals surface area contributed by atoms with E-state index in [0.29, 0.717) is 5.92 Å². The molecule has 0 radical (unpaired) electrons. The molecule has 13 heavy (non-hydrogen) atoms. The molecule has 1 unspecified atom stereocenters. The summed E-state index contributed by atoms with van der Waals surface area (Å²) < 4.78 is 11.8. The van der Waals surface area contributed by atoms with Gasteiger partial charge in [-0.05, 0) is 18.8 Å². The number of halogens is 1. The zero-order valence-electron chi connectivity index (χ0n) is 8.18. The highest BCUT2D eigenvalue weighted by Gasteiger charge is 2.26. The van der Waals surface area contributed by atoms with Gasteiger partial charge >= 0.3 is 0 Å². The van der Waals surface area contributed by atoms with Crippen molar-refractivity contribution in [2.75, 3.05) is 13.2 Å². The molecule has 0 spiro atoms. The van der Waals surface area contributed by atoms with E-state index in [1.807, 2.05) is 6.92 Å². The van der Waals surface area contributed by atoms with Gasteiger partial charge in [-0.1, -0.05) is 19.8 Å². The van der Waals surface area contributed by atoms with Gasteiger partial charge in [0.05, 0.1) is 0 Å². The average molecular weight is 187 g/mol. The van der Waals surface area contributed by atoms with Crippen molar-refractivity contribution < 1.29 is 9.18 Å². The summed E-state index contributed by atoms with van der Waals surface area (Å²) in [6, 6.07) is 0. The fourth-order valence-electron chi connectivity index (χ4n) is 2.00. The third-order valence-electron chi connectivity index (χ3n) is 2.91. The number of alkyl halides is 1.